The molecule has 28 heavy (non-hydrogen) atoms. The zero-order valence-electron chi connectivity index (χ0n) is 15.7. The van der Waals surface area contributed by atoms with Crippen LogP contribution in [-0.4, -0.2) is 61.7 Å². The molecule has 3 saturated carbocycles. The lowest BCUT2D eigenvalue weighted by atomic mass is 9.30. The summed E-state index contributed by atoms with van der Waals surface area (Å²) in [6, 6.07) is 7.00. The van der Waals surface area contributed by atoms with Crippen LogP contribution in [0.2, 0.25) is 0 Å². The minimum absolute atomic E-state index is 0.0489. The number of likely N-dealkylation sites (tertiary alicyclic amines) is 2. The van der Waals surface area contributed by atoms with E-state index in [0.717, 1.165) is 32.4 Å². The predicted molar refractivity (Wildman–Crippen MR) is 101 cm³/mol. The molecule has 3 aliphatic carbocycles. The van der Waals surface area contributed by atoms with Gasteiger partial charge in [-0.05, 0) is 60.1 Å². The first-order valence-corrected chi connectivity index (χ1v) is 11.7. The monoisotopic (exact) mass is 405 g/mol. The van der Waals surface area contributed by atoms with E-state index in [9.17, 15) is 17.6 Å². The van der Waals surface area contributed by atoms with E-state index in [4.69, 9.17) is 0 Å². The smallest absolute Gasteiger partial charge is 0.320 e. The molecular weight excluding hydrogens is 381 g/mol. The Hall–Kier alpha value is -1.67. The zero-order valence-corrected chi connectivity index (χ0v) is 16.5. The molecule has 0 atom stereocenters. The van der Waals surface area contributed by atoms with Gasteiger partial charge in [-0.15, -0.1) is 0 Å². The highest BCUT2D eigenvalue weighted by molar-refractivity contribution is 7.89. The molecule has 2 bridgehead atoms. The Morgan fingerprint density at radius 3 is 2.29 bits per heavy atom. The predicted octanol–water partition coefficient (Wildman–Crippen LogP) is 1.68. The summed E-state index contributed by atoms with van der Waals surface area (Å²) in [7, 11) is -3.15. The molecule has 150 valence electrons. The molecule has 3 heterocycles. The van der Waals surface area contributed by atoms with Gasteiger partial charge in [0.25, 0.3) is 0 Å². The third kappa shape index (κ3) is 2.21. The number of benzene rings is 1. The Morgan fingerprint density at radius 2 is 1.71 bits per heavy atom. The average molecular weight is 405 g/mol. The molecule has 0 unspecified atom stereocenters. The molecule has 1 aromatic rings. The van der Waals surface area contributed by atoms with Crippen molar-refractivity contribution in [1.82, 2.24) is 14.5 Å². The van der Waals surface area contributed by atoms with Crippen molar-refractivity contribution in [1.29, 1.82) is 0 Å². The van der Waals surface area contributed by atoms with Gasteiger partial charge in [-0.2, -0.15) is 0 Å². The van der Waals surface area contributed by atoms with Crippen LogP contribution in [0.15, 0.2) is 24.3 Å². The number of carbonyl (C=O) groups is 1. The standard InChI is InChI=1S/C20H24FN3O3S/c21-16-3-1-14(2-4-16)18-9-19(10-18,11-18)15-7-23(8-15)17(25)24-12-20(13-24)5-6-28(26,27)22-20/h1-4,15,22H,5-13H2. The Balaban J connectivity index is 1.01. The number of sulfonamides is 1. The van der Waals surface area contributed by atoms with Crippen molar-refractivity contribution >= 4 is 16.1 Å². The van der Waals surface area contributed by atoms with Gasteiger partial charge in [0, 0.05) is 26.2 Å². The van der Waals surface area contributed by atoms with Crippen LogP contribution in [0.3, 0.4) is 0 Å². The molecule has 1 N–H and O–H groups in total. The summed E-state index contributed by atoms with van der Waals surface area (Å²) in [4.78, 5) is 16.3. The van der Waals surface area contributed by atoms with Gasteiger partial charge in [0.2, 0.25) is 10.0 Å². The maximum absolute atomic E-state index is 13.2. The van der Waals surface area contributed by atoms with Gasteiger partial charge in [0.15, 0.2) is 0 Å². The summed E-state index contributed by atoms with van der Waals surface area (Å²) in [5.41, 5.74) is 1.48. The molecule has 3 aliphatic heterocycles. The van der Waals surface area contributed by atoms with Crippen molar-refractivity contribution in [3.8, 4) is 0 Å². The van der Waals surface area contributed by atoms with E-state index >= 15 is 0 Å². The fourth-order valence-electron chi connectivity index (χ4n) is 6.44. The Kier molecular flexibility index (Phi) is 3.12. The van der Waals surface area contributed by atoms with Crippen LogP contribution in [0.1, 0.15) is 31.2 Å². The molecule has 0 radical (unpaired) electrons. The second kappa shape index (κ2) is 5.08. The lowest BCUT2D eigenvalue weighted by molar-refractivity contribution is -0.207. The highest BCUT2D eigenvalue weighted by atomic mass is 32.2. The highest BCUT2D eigenvalue weighted by Gasteiger charge is 2.72. The SMILES string of the molecule is O=C(N1CC(C23CC(c4ccc(F)cc4)(C2)C3)C1)N1CC2(CCS(=O)(=O)N2)C1. The first-order valence-electron chi connectivity index (χ1n) is 10.0. The molecule has 6 fully saturated rings. The lowest BCUT2D eigenvalue weighted by Crippen LogP contribution is -2.75. The number of hydrogen-bond acceptors (Lipinski definition) is 3. The van der Waals surface area contributed by atoms with Gasteiger partial charge >= 0.3 is 6.03 Å². The van der Waals surface area contributed by atoms with Crippen molar-refractivity contribution in [3.05, 3.63) is 35.6 Å². The maximum Gasteiger partial charge on any atom is 0.320 e. The van der Waals surface area contributed by atoms with Crippen LogP contribution in [0, 0.1) is 17.2 Å². The number of hydrogen-bond donors (Lipinski definition) is 1. The van der Waals surface area contributed by atoms with E-state index in [1.807, 2.05) is 17.0 Å². The van der Waals surface area contributed by atoms with Gasteiger partial charge in [0.05, 0.1) is 11.3 Å². The van der Waals surface area contributed by atoms with Gasteiger partial charge in [-0.1, -0.05) is 12.1 Å². The fourth-order valence-corrected chi connectivity index (χ4v) is 8.09. The van der Waals surface area contributed by atoms with Crippen LogP contribution < -0.4 is 4.72 Å². The van der Waals surface area contributed by atoms with Crippen LogP contribution in [-0.2, 0) is 15.4 Å². The topological polar surface area (TPSA) is 69.7 Å². The van der Waals surface area contributed by atoms with Crippen molar-refractivity contribution in [2.75, 3.05) is 31.9 Å². The van der Waals surface area contributed by atoms with Gasteiger partial charge in [0.1, 0.15) is 5.82 Å². The fraction of sp³-hybridized carbons (Fsp3) is 0.650. The van der Waals surface area contributed by atoms with Crippen LogP contribution >= 0.6 is 0 Å². The molecule has 6 aliphatic rings. The summed E-state index contributed by atoms with van der Waals surface area (Å²) in [6.45, 7) is 2.61. The first-order chi connectivity index (χ1) is 13.2. The molecule has 7 rings (SSSR count). The maximum atomic E-state index is 13.2. The Morgan fingerprint density at radius 1 is 1.07 bits per heavy atom. The second-order valence-electron chi connectivity index (χ2n) is 9.87. The molecule has 2 amide bonds. The number of rotatable bonds is 2. The highest BCUT2D eigenvalue weighted by Crippen LogP contribution is 2.77. The van der Waals surface area contributed by atoms with Crippen molar-refractivity contribution in [2.24, 2.45) is 11.3 Å². The summed E-state index contributed by atoms with van der Waals surface area (Å²) in [5, 5.41) is 0. The second-order valence-corrected chi connectivity index (χ2v) is 11.7. The van der Waals surface area contributed by atoms with Crippen LogP contribution in [0.5, 0.6) is 0 Å². The van der Waals surface area contributed by atoms with Crippen LogP contribution in [0.25, 0.3) is 0 Å². The Bertz CT molecular complexity index is 945. The number of urea groups is 1. The average Bonchev–Trinajstić information content (AvgIpc) is 2.82. The van der Waals surface area contributed by atoms with E-state index < -0.39 is 15.6 Å². The molecular formula is C20H24FN3O3S. The lowest BCUT2D eigenvalue weighted by Gasteiger charge is -2.76. The minimum atomic E-state index is -3.15. The Labute approximate surface area is 164 Å². The quantitative estimate of drug-likeness (QED) is 0.814. The largest absolute Gasteiger partial charge is 0.324 e. The van der Waals surface area contributed by atoms with E-state index in [2.05, 4.69) is 4.72 Å². The van der Waals surface area contributed by atoms with Crippen molar-refractivity contribution in [3.63, 3.8) is 0 Å². The molecule has 3 saturated heterocycles. The van der Waals surface area contributed by atoms with Gasteiger partial charge in [-0.25, -0.2) is 22.3 Å². The molecule has 0 aromatic heterocycles. The first kappa shape index (κ1) is 17.2. The molecule has 8 heteroatoms. The number of halogens is 1. The van der Waals surface area contributed by atoms with E-state index in [1.165, 1.54) is 5.56 Å². The summed E-state index contributed by atoms with van der Waals surface area (Å²) in [6.07, 6.45) is 4.07. The van der Waals surface area contributed by atoms with E-state index in [-0.39, 0.29) is 23.0 Å². The number of amides is 2. The number of nitrogens with zero attached hydrogens (tertiary/aromatic N) is 2. The van der Waals surface area contributed by atoms with Crippen molar-refractivity contribution in [2.45, 2.75) is 36.6 Å². The van der Waals surface area contributed by atoms with Crippen molar-refractivity contribution < 1.29 is 17.6 Å². The van der Waals surface area contributed by atoms with Gasteiger partial charge < -0.3 is 9.80 Å². The molecule has 1 aromatic carbocycles. The number of carbonyl (C=O) groups excluding carboxylic acids is 1. The summed E-state index contributed by atoms with van der Waals surface area (Å²) >= 11 is 0. The summed E-state index contributed by atoms with van der Waals surface area (Å²) in [5.74, 6) is 0.550. The van der Waals surface area contributed by atoms with Gasteiger partial charge in [-0.3, -0.25) is 0 Å². The van der Waals surface area contributed by atoms with E-state index in [0.29, 0.717) is 30.8 Å². The third-order valence-corrected chi connectivity index (χ3v) is 9.51. The molecule has 1 spiro atoms. The zero-order chi connectivity index (χ0) is 19.4. The number of nitrogens with one attached hydrogen (secondary N) is 1. The molecule has 6 nitrogen and oxygen atoms in total. The summed E-state index contributed by atoms with van der Waals surface area (Å²) < 4.78 is 39.1. The van der Waals surface area contributed by atoms with Crippen LogP contribution in [0.4, 0.5) is 9.18 Å². The normalized spacial score (nSPS) is 37.0. The minimum Gasteiger partial charge on any atom is -0.324 e. The third-order valence-electron chi connectivity index (χ3n) is 8.02. The van der Waals surface area contributed by atoms with E-state index in [1.54, 1.807) is 17.0 Å².